The second-order valence-electron chi connectivity index (χ2n) is 7.22. The molecule has 156 valence electrons. The number of fused-ring (bicyclic) bond motifs is 2. The van der Waals surface area contributed by atoms with Crippen molar-refractivity contribution in [3.63, 3.8) is 0 Å². The van der Waals surface area contributed by atoms with Crippen LogP contribution in [0, 0.1) is 0 Å². The molecule has 8 heteroatoms. The van der Waals surface area contributed by atoms with Crippen molar-refractivity contribution in [1.82, 2.24) is 0 Å². The van der Waals surface area contributed by atoms with Gasteiger partial charge in [0.25, 0.3) is 0 Å². The maximum atomic E-state index is 13.0. The maximum absolute atomic E-state index is 13.0. The molecule has 5 nitrogen and oxygen atoms in total. The summed E-state index contributed by atoms with van der Waals surface area (Å²) in [4.78, 5) is 24.5. The van der Waals surface area contributed by atoms with E-state index in [0.717, 1.165) is 23.4 Å². The molecule has 0 aliphatic carbocycles. The number of carbonyl (C=O) groups is 2. The lowest BCUT2D eigenvalue weighted by Crippen LogP contribution is -2.24. The molecule has 1 amide bonds. The molecular formula is C22H19F3N2O3. The van der Waals surface area contributed by atoms with E-state index in [0.29, 0.717) is 29.7 Å². The van der Waals surface area contributed by atoms with Crippen molar-refractivity contribution >= 4 is 28.6 Å². The molecule has 0 radical (unpaired) electrons. The van der Waals surface area contributed by atoms with Gasteiger partial charge in [-0.1, -0.05) is 12.1 Å². The van der Waals surface area contributed by atoms with Crippen molar-refractivity contribution < 1.29 is 27.5 Å². The molecule has 2 N–H and O–H groups in total. The van der Waals surface area contributed by atoms with Crippen LogP contribution in [0.5, 0.6) is 5.75 Å². The topological polar surface area (TPSA) is 67.4 Å². The number of ether oxygens (including phenoxy) is 1. The number of allylic oxidation sites excluding steroid dienone is 1. The second-order valence-corrected chi connectivity index (χ2v) is 7.22. The van der Waals surface area contributed by atoms with Crippen LogP contribution in [0.1, 0.15) is 29.5 Å². The molecule has 2 aromatic rings. The first-order valence-corrected chi connectivity index (χ1v) is 9.55. The number of anilines is 2. The molecule has 30 heavy (non-hydrogen) atoms. The Labute approximate surface area is 170 Å². The van der Waals surface area contributed by atoms with Crippen LogP contribution in [0.3, 0.4) is 0 Å². The zero-order valence-corrected chi connectivity index (χ0v) is 15.9. The van der Waals surface area contributed by atoms with Crippen LogP contribution in [0.15, 0.2) is 42.5 Å². The maximum Gasteiger partial charge on any atom is 0.416 e. The Morgan fingerprint density at radius 1 is 1.20 bits per heavy atom. The number of amides is 1. The predicted octanol–water partition coefficient (Wildman–Crippen LogP) is 4.44. The van der Waals surface area contributed by atoms with E-state index < -0.39 is 17.6 Å². The molecule has 0 fully saturated rings. The molecule has 2 aromatic carbocycles. The van der Waals surface area contributed by atoms with E-state index in [1.54, 1.807) is 12.1 Å². The van der Waals surface area contributed by atoms with Crippen molar-refractivity contribution in [3.8, 4) is 5.75 Å². The number of Topliss-reactive ketones (excluding diaryl/α,β-unsaturated/α-hetero) is 1. The fourth-order valence-corrected chi connectivity index (χ4v) is 3.65. The van der Waals surface area contributed by atoms with Crippen molar-refractivity contribution in [3.05, 3.63) is 59.2 Å². The summed E-state index contributed by atoms with van der Waals surface area (Å²) >= 11 is 0. The highest BCUT2D eigenvalue weighted by Crippen LogP contribution is 2.38. The Hall–Kier alpha value is -3.29. The van der Waals surface area contributed by atoms with Gasteiger partial charge in [-0.05, 0) is 42.7 Å². The van der Waals surface area contributed by atoms with E-state index in [4.69, 9.17) is 4.74 Å². The van der Waals surface area contributed by atoms with E-state index in [9.17, 15) is 22.8 Å². The first-order chi connectivity index (χ1) is 14.3. The van der Waals surface area contributed by atoms with Crippen molar-refractivity contribution in [1.29, 1.82) is 0 Å². The van der Waals surface area contributed by atoms with Gasteiger partial charge in [0.2, 0.25) is 5.91 Å². The highest BCUT2D eigenvalue weighted by molar-refractivity contribution is 6.06. The normalized spacial score (nSPS) is 17.3. The molecule has 0 spiro atoms. The first kappa shape index (κ1) is 20.0. The van der Waals surface area contributed by atoms with Gasteiger partial charge in [-0.2, -0.15) is 13.2 Å². The van der Waals surface area contributed by atoms with Crippen molar-refractivity contribution in [2.75, 3.05) is 23.8 Å². The average Bonchev–Trinajstić information content (AvgIpc) is 2.89. The van der Waals surface area contributed by atoms with Crippen LogP contribution in [0.25, 0.3) is 5.57 Å². The quantitative estimate of drug-likeness (QED) is 0.711. The van der Waals surface area contributed by atoms with Gasteiger partial charge in [0, 0.05) is 35.0 Å². The van der Waals surface area contributed by atoms with Gasteiger partial charge in [-0.15, -0.1) is 0 Å². The third-order valence-corrected chi connectivity index (χ3v) is 5.09. The Morgan fingerprint density at radius 3 is 2.83 bits per heavy atom. The Kier molecular flexibility index (Phi) is 5.24. The van der Waals surface area contributed by atoms with Crippen LogP contribution < -0.4 is 15.4 Å². The van der Waals surface area contributed by atoms with Crippen LogP contribution >= 0.6 is 0 Å². The number of halogens is 3. The molecular weight excluding hydrogens is 397 g/mol. The average molecular weight is 416 g/mol. The van der Waals surface area contributed by atoms with Gasteiger partial charge in [0.1, 0.15) is 5.75 Å². The van der Waals surface area contributed by atoms with Crippen molar-refractivity contribution in [2.24, 2.45) is 0 Å². The minimum Gasteiger partial charge on any atom is -0.493 e. The van der Waals surface area contributed by atoms with E-state index in [1.807, 2.05) is 6.07 Å². The number of nitrogens with one attached hydrogen (secondary N) is 2. The van der Waals surface area contributed by atoms with E-state index in [-0.39, 0.29) is 31.1 Å². The lowest BCUT2D eigenvalue weighted by atomic mass is 9.98. The molecule has 2 heterocycles. The minimum absolute atomic E-state index is 0.0258. The summed E-state index contributed by atoms with van der Waals surface area (Å²) in [5.41, 5.74) is 2.34. The largest absolute Gasteiger partial charge is 0.493 e. The number of hydrogen-bond donors (Lipinski definition) is 2. The SMILES string of the molecule is O=C1CNc2cccc(NC(=O)/C=C3\CCCOc4cc(C(F)(F)F)ccc43)c2C1. The first-order valence-electron chi connectivity index (χ1n) is 9.55. The lowest BCUT2D eigenvalue weighted by molar-refractivity contribution is -0.137. The third-order valence-electron chi connectivity index (χ3n) is 5.09. The number of carbonyl (C=O) groups excluding carboxylic acids is 2. The zero-order valence-electron chi connectivity index (χ0n) is 15.9. The summed E-state index contributed by atoms with van der Waals surface area (Å²) in [6.45, 7) is 0.526. The van der Waals surface area contributed by atoms with Gasteiger partial charge >= 0.3 is 6.18 Å². The summed E-state index contributed by atoms with van der Waals surface area (Å²) in [6.07, 6.45) is -1.78. The molecule has 0 unspecified atom stereocenters. The number of alkyl halides is 3. The molecule has 0 saturated carbocycles. The standard InChI is InChI=1S/C22H19F3N2O3/c23-22(24,25)14-6-7-16-13(3-2-8-30-20(16)10-14)9-21(29)27-19-5-1-4-18-17(19)11-15(28)12-26-18/h1,4-7,9-10,26H,2-3,8,11-12H2,(H,27,29)/b13-9+. The number of ketones is 1. The summed E-state index contributed by atoms with van der Waals surface area (Å²) in [5.74, 6) is -0.268. The van der Waals surface area contributed by atoms with Crippen LogP contribution in [0.4, 0.5) is 24.5 Å². The zero-order chi connectivity index (χ0) is 21.3. The molecule has 0 bridgehead atoms. The Balaban J connectivity index is 1.61. The predicted molar refractivity (Wildman–Crippen MR) is 106 cm³/mol. The molecule has 4 rings (SSSR count). The highest BCUT2D eigenvalue weighted by atomic mass is 19.4. The Morgan fingerprint density at radius 2 is 2.03 bits per heavy atom. The molecule has 2 aliphatic rings. The van der Waals surface area contributed by atoms with Gasteiger partial charge < -0.3 is 15.4 Å². The van der Waals surface area contributed by atoms with E-state index >= 15 is 0 Å². The van der Waals surface area contributed by atoms with Gasteiger partial charge in [-0.25, -0.2) is 0 Å². The van der Waals surface area contributed by atoms with E-state index in [2.05, 4.69) is 10.6 Å². The van der Waals surface area contributed by atoms with Gasteiger partial charge in [0.15, 0.2) is 5.78 Å². The summed E-state index contributed by atoms with van der Waals surface area (Å²) in [6, 6.07) is 8.64. The lowest BCUT2D eigenvalue weighted by Gasteiger charge is -2.20. The molecule has 0 saturated heterocycles. The van der Waals surface area contributed by atoms with E-state index in [1.165, 1.54) is 12.1 Å². The molecule has 2 aliphatic heterocycles. The summed E-state index contributed by atoms with van der Waals surface area (Å²) < 4.78 is 44.5. The Bertz CT molecular complexity index is 1040. The molecule has 0 atom stereocenters. The summed E-state index contributed by atoms with van der Waals surface area (Å²) in [5, 5.41) is 5.82. The minimum atomic E-state index is -4.47. The monoisotopic (exact) mass is 416 g/mol. The van der Waals surface area contributed by atoms with Crippen LogP contribution in [-0.2, 0) is 22.2 Å². The number of hydrogen-bond acceptors (Lipinski definition) is 4. The highest BCUT2D eigenvalue weighted by Gasteiger charge is 2.32. The number of benzene rings is 2. The van der Waals surface area contributed by atoms with Crippen molar-refractivity contribution in [2.45, 2.75) is 25.4 Å². The van der Waals surface area contributed by atoms with Crippen LogP contribution in [-0.4, -0.2) is 24.8 Å². The summed E-state index contributed by atoms with van der Waals surface area (Å²) in [7, 11) is 0. The van der Waals surface area contributed by atoms with Gasteiger partial charge in [0.05, 0.1) is 18.7 Å². The van der Waals surface area contributed by atoms with Crippen LogP contribution in [0.2, 0.25) is 0 Å². The number of rotatable bonds is 2. The fourth-order valence-electron chi connectivity index (χ4n) is 3.65. The molecule has 0 aromatic heterocycles. The second kappa shape index (κ2) is 7.85. The fraction of sp³-hybridized carbons (Fsp3) is 0.273. The third kappa shape index (κ3) is 4.17. The smallest absolute Gasteiger partial charge is 0.416 e. The van der Waals surface area contributed by atoms with Gasteiger partial charge in [-0.3, -0.25) is 9.59 Å².